The molecule has 1 aromatic carbocycles. The SMILES string of the molecule is Cc1cc(CNC2CC2)ccc1N(C)CCO. The molecule has 0 atom stereocenters. The van der Waals surface area contributed by atoms with Crippen LogP contribution < -0.4 is 10.2 Å². The maximum Gasteiger partial charge on any atom is 0.0606 e. The van der Waals surface area contributed by atoms with Gasteiger partial charge in [0.15, 0.2) is 0 Å². The number of hydrogen-bond acceptors (Lipinski definition) is 3. The molecule has 2 N–H and O–H groups in total. The topological polar surface area (TPSA) is 35.5 Å². The van der Waals surface area contributed by atoms with Crippen molar-refractivity contribution in [2.45, 2.75) is 32.4 Å². The van der Waals surface area contributed by atoms with Crippen molar-refractivity contribution in [2.75, 3.05) is 25.1 Å². The van der Waals surface area contributed by atoms with Crippen LogP contribution in [-0.4, -0.2) is 31.3 Å². The van der Waals surface area contributed by atoms with Crippen molar-refractivity contribution in [3.05, 3.63) is 29.3 Å². The van der Waals surface area contributed by atoms with Gasteiger partial charge >= 0.3 is 0 Å². The summed E-state index contributed by atoms with van der Waals surface area (Å²) in [6, 6.07) is 7.31. The van der Waals surface area contributed by atoms with Gasteiger partial charge in [0.25, 0.3) is 0 Å². The van der Waals surface area contributed by atoms with Gasteiger partial charge in [-0.1, -0.05) is 12.1 Å². The summed E-state index contributed by atoms with van der Waals surface area (Å²) in [6.07, 6.45) is 2.66. The summed E-state index contributed by atoms with van der Waals surface area (Å²) in [4.78, 5) is 2.09. The highest BCUT2D eigenvalue weighted by Crippen LogP contribution is 2.22. The van der Waals surface area contributed by atoms with Crippen LogP contribution in [0, 0.1) is 6.92 Å². The molecule has 94 valence electrons. The molecule has 1 aromatic rings. The third-order valence-corrected chi connectivity index (χ3v) is 3.28. The van der Waals surface area contributed by atoms with Crippen molar-refractivity contribution >= 4 is 5.69 Å². The van der Waals surface area contributed by atoms with Gasteiger partial charge in [-0.15, -0.1) is 0 Å². The lowest BCUT2D eigenvalue weighted by molar-refractivity contribution is 0.304. The lowest BCUT2D eigenvalue weighted by atomic mass is 10.1. The highest BCUT2D eigenvalue weighted by molar-refractivity contribution is 5.53. The Balaban J connectivity index is 1.99. The number of benzene rings is 1. The first-order valence-electron chi connectivity index (χ1n) is 6.35. The standard InChI is InChI=1S/C14H22N2O/c1-11-9-12(10-15-13-4-5-13)3-6-14(11)16(2)7-8-17/h3,6,9,13,15,17H,4-5,7-8,10H2,1-2H3. The fraction of sp³-hybridized carbons (Fsp3) is 0.571. The molecule has 0 heterocycles. The molecule has 0 aromatic heterocycles. The van der Waals surface area contributed by atoms with Crippen LogP contribution in [0.15, 0.2) is 18.2 Å². The summed E-state index contributed by atoms with van der Waals surface area (Å²) in [5.74, 6) is 0. The van der Waals surface area contributed by atoms with E-state index in [1.807, 2.05) is 7.05 Å². The van der Waals surface area contributed by atoms with E-state index in [1.54, 1.807) is 0 Å². The van der Waals surface area contributed by atoms with Gasteiger partial charge in [-0.05, 0) is 37.0 Å². The molecule has 0 amide bonds. The third-order valence-electron chi connectivity index (χ3n) is 3.28. The van der Waals surface area contributed by atoms with Crippen LogP contribution >= 0.6 is 0 Å². The molecular formula is C14H22N2O. The molecule has 1 saturated carbocycles. The van der Waals surface area contributed by atoms with E-state index in [0.717, 1.165) is 12.6 Å². The van der Waals surface area contributed by atoms with Crippen LogP contribution in [-0.2, 0) is 6.54 Å². The Hall–Kier alpha value is -1.06. The number of rotatable bonds is 6. The second-order valence-corrected chi connectivity index (χ2v) is 4.92. The normalized spacial score (nSPS) is 15.0. The van der Waals surface area contributed by atoms with Crippen LogP contribution in [0.1, 0.15) is 24.0 Å². The zero-order valence-corrected chi connectivity index (χ0v) is 10.7. The average molecular weight is 234 g/mol. The minimum Gasteiger partial charge on any atom is -0.395 e. The first-order chi connectivity index (χ1) is 8.20. The van der Waals surface area contributed by atoms with E-state index in [0.29, 0.717) is 6.54 Å². The van der Waals surface area contributed by atoms with Gasteiger partial charge in [0.1, 0.15) is 0 Å². The van der Waals surface area contributed by atoms with Crippen LogP contribution in [0.25, 0.3) is 0 Å². The van der Waals surface area contributed by atoms with Crippen molar-refractivity contribution in [3.8, 4) is 0 Å². The Labute approximate surface area is 103 Å². The quantitative estimate of drug-likeness (QED) is 0.786. The molecule has 1 aliphatic rings. The summed E-state index contributed by atoms with van der Waals surface area (Å²) in [5, 5.41) is 12.5. The maximum atomic E-state index is 8.94. The second-order valence-electron chi connectivity index (χ2n) is 4.92. The smallest absolute Gasteiger partial charge is 0.0606 e. The number of hydrogen-bond donors (Lipinski definition) is 2. The third kappa shape index (κ3) is 3.45. The number of nitrogens with zero attached hydrogens (tertiary/aromatic N) is 1. The Kier molecular flexibility index (Phi) is 4.02. The van der Waals surface area contributed by atoms with Gasteiger partial charge in [-0.25, -0.2) is 0 Å². The molecule has 3 heteroatoms. The minimum absolute atomic E-state index is 0.195. The van der Waals surface area contributed by atoms with Crippen molar-refractivity contribution in [3.63, 3.8) is 0 Å². The summed E-state index contributed by atoms with van der Waals surface area (Å²) >= 11 is 0. The van der Waals surface area contributed by atoms with Crippen molar-refractivity contribution in [1.82, 2.24) is 5.32 Å². The molecular weight excluding hydrogens is 212 g/mol. The minimum atomic E-state index is 0.195. The van der Waals surface area contributed by atoms with Gasteiger partial charge in [0, 0.05) is 31.9 Å². The lowest BCUT2D eigenvalue weighted by Gasteiger charge is -2.21. The van der Waals surface area contributed by atoms with Crippen LogP contribution in [0.4, 0.5) is 5.69 Å². The number of anilines is 1. The van der Waals surface area contributed by atoms with Gasteiger partial charge in [-0.2, -0.15) is 0 Å². The predicted octanol–water partition coefficient (Wildman–Crippen LogP) is 1.68. The van der Waals surface area contributed by atoms with Crippen molar-refractivity contribution in [2.24, 2.45) is 0 Å². The van der Waals surface area contributed by atoms with E-state index in [9.17, 15) is 0 Å². The average Bonchev–Trinajstić information content (AvgIpc) is 3.10. The molecule has 0 saturated heterocycles. The molecule has 0 unspecified atom stereocenters. The van der Waals surface area contributed by atoms with E-state index in [1.165, 1.54) is 29.7 Å². The van der Waals surface area contributed by atoms with Gasteiger partial charge in [-0.3, -0.25) is 0 Å². The highest BCUT2D eigenvalue weighted by Gasteiger charge is 2.19. The molecule has 1 fully saturated rings. The first-order valence-corrected chi connectivity index (χ1v) is 6.35. The highest BCUT2D eigenvalue weighted by atomic mass is 16.3. The summed E-state index contributed by atoms with van der Waals surface area (Å²) in [7, 11) is 2.01. The zero-order valence-electron chi connectivity index (χ0n) is 10.7. The van der Waals surface area contributed by atoms with Gasteiger partial charge in [0.2, 0.25) is 0 Å². The van der Waals surface area contributed by atoms with E-state index >= 15 is 0 Å². The molecule has 0 radical (unpaired) electrons. The monoisotopic (exact) mass is 234 g/mol. The number of aliphatic hydroxyl groups is 1. The number of aryl methyl sites for hydroxylation is 1. The maximum absolute atomic E-state index is 8.94. The van der Waals surface area contributed by atoms with Crippen LogP contribution in [0.3, 0.4) is 0 Å². The second kappa shape index (κ2) is 5.52. The number of aliphatic hydroxyl groups excluding tert-OH is 1. The van der Waals surface area contributed by atoms with Crippen LogP contribution in [0.5, 0.6) is 0 Å². The molecule has 0 spiro atoms. The first kappa shape index (κ1) is 12.4. The predicted molar refractivity (Wildman–Crippen MR) is 71.4 cm³/mol. The van der Waals surface area contributed by atoms with E-state index in [-0.39, 0.29) is 6.61 Å². The van der Waals surface area contributed by atoms with Crippen molar-refractivity contribution in [1.29, 1.82) is 0 Å². The molecule has 3 nitrogen and oxygen atoms in total. The van der Waals surface area contributed by atoms with E-state index in [2.05, 4.69) is 35.3 Å². The molecule has 1 aliphatic carbocycles. The van der Waals surface area contributed by atoms with Gasteiger partial charge in [0.05, 0.1) is 6.61 Å². The number of nitrogens with one attached hydrogen (secondary N) is 1. The molecule has 0 bridgehead atoms. The summed E-state index contributed by atoms with van der Waals surface area (Å²) in [6.45, 7) is 3.97. The fourth-order valence-corrected chi connectivity index (χ4v) is 2.08. The van der Waals surface area contributed by atoms with E-state index < -0.39 is 0 Å². The Morgan fingerprint density at radius 1 is 1.41 bits per heavy atom. The van der Waals surface area contributed by atoms with Crippen molar-refractivity contribution < 1.29 is 5.11 Å². The Morgan fingerprint density at radius 3 is 2.76 bits per heavy atom. The summed E-state index contributed by atoms with van der Waals surface area (Å²) < 4.78 is 0. The Bertz CT molecular complexity index is 374. The zero-order chi connectivity index (χ0) is 12.3. The molecule has 17 heavy (non-hydrogen) atoms. The van der Waals surface area contributed by atoms with Gasteiger partial charge < -0.3 is 15.3 Å². The summed E-state index contributed by atoms with van der Waals surface area (Å²) in [5.41, 5.74) is 3.82. The lowest BCUT2D eigenvalue weighted by Crippen LogP contribution is -2.22. The van der Waals surface area contributed by atoms with Crippen LogP contribution in [0.2, 0.25) is 0 Å². The molecule has 0 aliphatic heterocycles. The molecule has 2 rings (SSSR count). The van der Waals surface area contributed by atoms with E-state index in [4.69, 9.17) is 5.11 Å². The fourth-order valence-electron chi connectivity index (χ4n) is 2.08. The number of likely N-dealkylation sites (N-methyl/N-ethyl adjacent to an activating group) is 1. The Morgan fingerprint density at radius 2 is 2.18 bits per heavy atom. The largest absolute Gasteiger partial charge is 0.395 e.